The first kappa shape index (κ1) is 23.9. The number of halogens is 1. The molecule has 1 fully saturated rings. The van der Waals surface area contributed by atoms with Crippen molar-refractivity contribution in [3.63, 3.8) is 0 Å². The van der Waals surface area contributed by atoms with E-state index >= 15 is 0 Å². The fraction of sp³-hybridized carbons (Fsp3) is 0.462. The highest BCUT2D eigenvalue weighted by Gasteiger charge is 2.38. The smallest absolute Gasteiger partial charge is 0.220 e. The summed E-state index contributed by atoms with van der Waals surface area (Å²) in [6.45, 7) is 0.429. The van der Waals surface area contributed by atoms with Gasteiger partial charge < -0.3 is 10.6 Å². The summed E-state index contributed by atoms with van der Waals surface area (Å²) >= 11 is 0. The molecular formula is C26H34FN3O2. The van der Waals surface area contributed by atoms with E-state index in [1.165, 1.54) is 17.7 Å². The van der Waals surface area contributed by atoms with E-state index in [9.17, 15) is 14.0 Å². The van der Waals surface area contributed by atoms with E-state index in [-0.39, 0.29) is 42.1 Å². The largest absolute Gasteiger partial charge is 0.356 e. The molecule has 0 radical (unpaired) electrons. The number of nitrogens with zero attached hydrogens (tertiary/aromatic N) is 1. The Kier molecular flexibility index (Phi) is 8.39. The van der Waals surface area contributed by atoms with Gasteiger partial charge in [0.2, 0.25) is 11.8 Å². The van der Waals surface area contributed by atoms with Crippen molar-refractivity contribution in [2.75, 3.05) is 20.6 Å². The first-order chi connectivity index (χ1) is 15.4. The predicted molar refractivity (Wildman–Crippen MR) is 125 cm³/mol. The highest BCUT2D eigenvalue weighted by molar-refractivity contribution is 5.83. The first-order valence-electron chi connectivity index (χ1n) is 11.4. The number of nitrogens with one attached hydrogen (secondary N) is 2. The van der Waals surface area contributed by atoms with Crippen LogP contribution >= 0.6 is 0 Å². The Morgan fingerprint density at radius 2 is 1.69 bits per heavy atom. The van der Waals surface area contributed by atoms with Gasteiger partial charge in [0.15, 0.2) is 0 Å². The van der Waals surface area contributed by atoms with Gasteiger partial charge in [0.25, 0.3) is 0 Å². The molecule has 0 unspecified atom stereocenters. The Morgan fingerprint density at radius 3 is 2.34 bits per heavy atom. The lowest BCUT2D eigenvalue weighted by Crippen LogP contribution is -2.48. The van der Waals surface area contributed by atoms with E-state index < -0.39 is 0 Å². The Labute approximate surface area is 190 Å². The van der Waals surface area contributed by atoms with Crippen LogP contribution in [0.3, 0.4) is 0 Å². The van der Waals surface area contributed by atoms with Crippen LogP contribution in [0.2, 0.25) is 0 Å². The van der Waals surface area contributed by atoms with Crippen molar-refractivity contribution in [1.29, 1.82) is 0 Å². The van der Waals surface area contributed by atoms with Gasteiger partial charge in [-0.25, -0.2) is 4.39 Å². The molecule has 3 rings (SSSR count). The van der Waals surface area contributed by atoms with E-state index in [2.05, 4.69) is 53.9 Å². The second kappa shape index (κ2) is 11.2. The molecule has 2 aromatic carbocycles. The number of carbonyl (C=O) groups is 2. The third-order valence-electron chi connectivity index (χ3n) is 6.55. The Hall–Kier alpha value is -2.73. The molecule has 0 aromatic heterocycles. The Morgan fingerprint density at radius 1 is 1.00 bits per heavy atom. The maximum Gasteiger partial charge on any atom is 0.220 e. The number of carbonyl (C=O) groups excluding carboxylic acids is 2. The van der Waals surface area contributed by atoms with E-state index in [1.807, 2.05) is 12.1 Å². The molecule has 5 nitrogen and oxygen atoms in total. The molecule has 2 N–H and O–H groups in total. The summed E-state index contributed by atoms with van der Waals surface area (Å²) in [6.07, 6.45) is 4.70. The third-order valence-corrected chi connectivity index (χ3v) is 6.55. The van der Waals surface area contributed by atoms with Gasteiger partial charge in [-0.05, 0) is 69.5 Å². The first-order valence-corrected chi connectivity index (χ1v) is 11.4. The number of rotatable bonds is 9. The number of hydrogen-bond donors (Lipinski definition) is 2. The van der Waals surface area contributed by atoms with Gasteiger partial charge in [-0.2, -0.15) is 0 Å². The topological polar surface area (TPSA) is 61.4 Å². The molecule has 2 aromatic rings. The average Bonchev–Trinajstić information content (AvgIpc) is 2.79. The maximum atomic E-state index is 13.2. The highest BCUT2D eigenvalue weighted by atomic mass is 19.1. The third kappa shape index (κ3) is 6.39. The fourth-order valence-electron chi connectivity index (χ4n) is 4.64. The molecule has 1 aliphatic rings. The molecule has 0 heterocycles. The molecule has 0 atom stereocenters. The molecule has 6 heteroatoms. The van der Waals surface area contributed by atoms with Crippen LogP contribution in [0, 0.1) is 5.82 Å². The van der Waals surface area contributed by atoms with Gasteiger partial charge in [-0.3, -0.25) is 14.5 Å². The van der Waals surface area contributed by atoms with Crippen molar-refractivity contribution in [2.45, 2.75) is 56.5 Å². The van der Waals surface area contributed by atoms with Gasteiger partial charge in [0, 0.05) is 31.0 Å². The summed E-state index contributed by atoms with van der Waals surface area (Å²) in [7, 11) is 4.25. The summed E-state index contributed by atoms with van der Waals surface area (Å²) < 4.78 is 13.2. The van der Waals surface area contributed by atoms with E-state index in [0.717, 1.165) is 31.2 Å². The molecule has 0 saturated heterocycles. The zero-order valence-electron chi connectivity index (χ0n) is 19.1. The van der Waals surface area contributed by atoms with E-state index in [1.54, 1.807) is 6.07 Å². The molecule has 1 saturated carbocycles. The lowest BCUT2D eigenvalue weighted by Gasteiger charge is -2.45. The van der Waals surface area contributed by atoms with E-state index in [4.69, 9.17) is 0 Å². The van der Waals surface area contributed by atoms with Crippen LogP contribution < -0.4 is 10.6 Å². The SMILES string of the molecule is CN(C)C1(c2ccccc2)CCC(NC(=O)CCC(=O)NCCc2cccc(F)c2)CC1. The quantitative estimate of drug-likeness (QED) is 0.625. The van der Waals surface area contributed by atoms with Crippen LogP contribution in [0.25, 0.3) is 0 Å². The second-order valence-electron chi connectivity index (χ2n) is 8.86. The summed E-state index contributed by atoms with van der Waals surface area (Å²) in [5, 5.41) is 5.92. The van der Waals surface area contributed by atoms with Crippen molar-refractivity contribution >= 4 is 11.8 Å². The summed E-state index contributed by atoms with van der Waals surface area (Å²) in [5.74, 6) is -0.511. The molecular weight excluding hydrogens is 405 g/mol. The number of hydrogen-bond acceptors (Lipinski definition) is 3. The molecule has 0 spiro atoms. The van der Waals surface area contributed by atoms with Crippen molar-refractivity contribution < 1.29 is 14.0 Å². The highest BCUT2D eigenvalue weighted by Crippen LogP contribution is 2.41. The predicted octanol–water partition coefficient (Wildman–Crippen LogP) is 3.78. The minimum atomic E-state index is -0.278. The van der Waals surface area contributed by atoms with Crippen LogP contribution in [-0.2, 0) is 21.5 Å². The van der Waals surface area contributed by atoms with Gasteiger partial charge in [-0.1, -0.05) is 42.5 Å². The molecule has 1 aliphatic carbocycles. The number of benzene rings is 2. The maximum absolute atomic E-state index is 13.2. The lowest BCUT2D eigenvalue weighted by atomic mass is 9.74. The van der Waals surface area contributed by atoms with Crippen molar-refractivity contribution in [2.24, 2.45) is 0 Å². The molecule has 0 bridgehead atoms. The van der Waals surface area contributed by atoms with Gasteiger partial charge in [0.1, 0.15) is 5.82 Å². The van der Waals surface area contributed by atoms with Crippen molar-refractivity contribution in [1.82, 2.24) is 15.5 Å². The minimum Gasteiger partial charge on any atom is -0.356 e. The van der Waals surface area contributed by atoms with E-state index in [0.29, 0.717) is 13.0 Å². The second-order valence-corrected chi connectivity index (χ2v) is 8.86. The van der Waals surface area contributed by atoms with Crippen LogP contribution in [-0.4, -0.2) is 43.4 Å². The zero-order chi connectivity index (χ0) is 23.0. The summed E-state index contributed by atoms with van der Waals surface area (Å²) in [4.78, 5) is 26.7. The molecule has 172 valence electrons. The molecule has 0 aliphatic heterocycles. The Bertz CT molecular complexity index is 893. The van der Waals surface area contributed by atoms with Crippen LogP contribution in [0.1, 0.15) is 49.7 Å². The monoisotopic (exact) mass is 439 g/mol. The standard InChI is InChI=1S/C26H34FN3O2/c1-30(2)26(21-8-4-3-5-9-21)16-13-23(14-17-26)29-25(32)12-11-24(31)28-18-15-20-7-6-10-22(27)19-20/h3-10,19,23H,11-18H2,1-2H3,(H,28,31)(H,29,32). The zero-order valence-corrected chi connectivity index (χ0v) is 19.1. The van der Waals surface area contributed by atoms with Gasteiger partial charge in [0.05, 0.1) is 0 Å². The average molecular weight is 440 g/mol. The van der Waals surface area contributed by atoms with Crippen LogP contribution in [0.5, 0.6) is 0 Å². The van der Waals surface area contributed by atoms with Gasteiger partial charge in [-0.15, -0.1) is 0 Å². The lowest BCUT2D eigenvalue weighted by molar-refractivity contribution is -0.127. The van der Waals surface area contributed by atoms with Gasteiger partial charge >= 0.3 is 0 Å². The summed E-state index contributed by atoms with van der Waals surface area (Å²) in [5.41, 5.74) is 2.17. The fourth-order valence-corrected chi connectivity index (χ4v) is 4.64. The van der Waals surface area contributed by atoms with Crippen LogP contribution in [0.4, 0.5) is 4.39 Å². The minimum absolute atomic E-state index is 0.00401. The van der Waals surface area contributed by atoms with Crippen molar-refractivity contribution in [3.8, 4) is 0 Å². The van der Waals surface area contributed by atoms with Crippen molar-refractivity contribution in [3.05, 3.63) is 71.5 Å². The summed E-state index contributed by atoms with van der Waals surface area (Å²) in [6, 6.07) is 17.1. The number of amides is 2. The van der Waals surface area contributed by atoms with Crippen LogP contribution in [0.15, 0.2) is 54.6 Å². The molecule has 2 amide bonds. The molecule has 32 heavy (non-hydrogen) atoms. The normalized spacial score (nSPS) is 20.7. The Balaban J connectivity index is 1.38.